The third kappa shape index (κ3) is 4.05. The lowest BCUT2D eigenvalue weighted by Crippen LogP contribution is -2.51. The lowest BCUT2D eigenvalue weighted by atomic mass is 9.93. The van der Waals surface area contributed by atoms with E-state index in [0.717, 1.165) is 29.5 Å². The summed E-state index contributed by atoms with van der Waals surface area (Å²) in [6, 6.07) is 0.380. The van der Waals surface area contributed by atoms with Gasteiger partial charge in [0.05, 0.1) is 29.5 Å². The molecule has 0 spiro atoms. The van der Waals surface area contributed by atoms with Crippen LogP contribution in [-0.2, 0) is 17.9 Å². The van der Waals surface area contributed by atoms with Gasteiger partial charge in [-0.05, 0) is 36.2 Å². The van der Waals surface area contributed by atoms with E-state index in [0.29, 0.717) is 6.42 Å². The van der Waals surface area contributed by atoms with Crippen molar-refractivity contribution in [3.05, 3.63) is 34.8 Å². The highest BCUT2D eigenvalue weighted by Crippen LogP contribution is 2.24. The second kappa shape index (κ2) is 7.48. The molecule has 1 unspecified atom stereocenters. The van der Waals surface area contributed by atoms with Crippen LogP contribution in [0, 0.1) is 0 Å². The van der Waals surface area contributed by atoms with E-state index in [1.807, 2.05) is 28.0 Å². The molecule has 1 fully saturated rings. The number of carbonyl (C=O) groups is 1. The van der Waals surface area contributed by atoms with Crippen molar-refractivity contribution in [3.63, 3.8) is 0 Å². The lowest BCUT2D eigenvalue weighted by molar-refractivity contribution is -0.124. The zero-order valence-electron chi connectivity index (χ0n) is 13.9. The van der Waals surface area contributed by atoms with Gasteiger partial charge >= 0.3 is 0 Å². The Morgan fingerprint density at radius 3 is 2.83 bits per heavy atom. The van der Waals surface area contributed by atoms with Crippen molar-refractivity contribution < 1.29 is 4.79 Å². The van der Waals surface area contributed by atoms with Crippen molar-refractivity contribution in [1.29, 1.82) is 0 Å². The fourth-order valence-electron chi connectivity index (χ4n) is 3.14. The molecule has 0 bridgehead atoms. The first-order valence-corrected chi connectivity index (χ1v) is 9.10. The number of nitrogens with one attached hydrogen (secondary N) is 2. The number of rotatable bonds is 6. The number of amides is 1. The first-order valence-electron chi connectivity index (χ1n) is 8.31. The molecule has 2 aromatic rings. The highest BCUT2D eigenvalue weighted by atomic mass is 79.9. The van der Waals surface area contributed by atoms with Gasteiger partial charge in [0.2, 0.25) is 5.91 Å². The molecule has 0 aliphatic carbocycles. The number of aromatic nitrogens is 4. The van der Waals surface area contributed by atoms with Crippen LogP contribution in [0.15, 0.2) is 29.3 Å². The molecule has 0 saturated carbocycles. The van der Waals surface area contributed by atoms with E-state index in [-0.39, 0.29) is 24.0 Å². The summed E-state index contributed by atoms with van der Waals surface area (Å²) < 4.78 is 4.77. The minimum atomic E-state index is -0.0432. The lowest BCUT2D eigenvalue weighted by Gasteiger charge is -2.34. The molecule has 8 heteroatoms. The summed E-state index contributed by atoms with van der Waals surface area (Å²) in [5.74, 6) is 0.103. The molecular weight excluding hydrogens is 372 g/mol. The molecule has 24 heavy (non-hydrogen) atoms. The van der Waals surface area contributed by atoms with E-state index in [2.05, 4.69) is 50.6 Å². The topological polar surface area (TPSA) is 76.8 Å². The summed E-state index contributed by atoms with van der Waals surface area (Å²) >= 11 is 3.42. The average molecular weight is 395 g/mol. The first kappa shape index (κ1) is 17.2. The number of carbonyl (C=O) groups excluding carboxylic acids is 1. The Balaban J connectivity index is 1.68. The summed E-state index contributed by atoms with van der Waals surface area (Å²) in [7, 11) is 0. The number of halogens is 1. The summed E-state index contributed by atoms with van der Waals surface area (Å²) in [5.41, 5.74) is 1.05. The Morgan fingerprint density at radius 2 is 2.17 bits per heavy atom. The van der Waals surface area contributed by atoms with Gasteiger partial charge in [-0.25, -0.2) is 0 Å². The number of aryl methyl sites for hydroxylation is 1. The molecule has 0 radical (unpaired) electrons. The smallest absolute Gasteiger partial charge is 0.220 e. The Bertz CT molecular complexity index is 696. The second-order valence-corrected chi connectivity index (χ2v) is 7.18. The summed E-state index contributed by atoms with van der Waals surface area (Å²) in [5, 5.41) is 15.4. The zero-order valence-corrected chi connectivity index (χ0v) is 15.5. The van der Waals surface area contributed by atoms with E-state index in [9.17, 15) is 4.79 Å². The van der Waals surface area contributed by atoms with E-state index >= 15 is 0 Å². The van der Waals surface area contributed by atoms with Gasteiger partial charge in [-0.3, -0.25) is 14.2 Å². The number of nitrogens with zero attached hydrogens (tertiary/aromatic N) is 4. The van der Waals surface area contributed by atoms with Crippen molar-refractivity contribution in [2.45, 2.75) is 57.9 Å². The van der Waals surface area contributed by atoms with Gasteiger partial charge in [-0.15, -0.1) is 0 Å². The predicted octanol–water partition coefficient (Wildman–Crippen LogP) is 1.86. The Kier molecular flexibility index (Phi) is 5.35. The highest BCUT2D eigenvalue weighted by Gasteiger charge is 2.31. The molecule has 2 aromatic heterocycles. The van der Waals surface area contributed by atoms with Crippen LogP contribution in [0.3, 0.4) is 0 Å². The van der Waals surface area contributed by atoms with Gasteiger partial charge in [-0.1, -0.05) is 0 Å². The number of hydrogen-bond donors (Lipinski definition) is 2. The minimum absolute atomic E-state index is 0.0432. The van der Waals surface area contributed by atoms with Crippen molar-refractivity contribution in [3.8, 4) is 0 Å². The molecule has 2 N–H and O–H groups in total. The standard InChI is InChI=1S/C16H23BrN6O/c1-3-22-9-12(6-18-22)16-14(4-5-15(24)21-16)20-11(2)8-23-10-13(17)7-19-23/h6-7,9-11,14,16,20H,3-5,8H2,1-2H3,(H,21,24)/t11?,14-,16+/m1/s1. The van der Waals surface area contributed by atoms with Crippen LogP contribution in [0.2, 0.25) is 0 Å². The third-order valence-electron chi connectivity index (χ3n) is 4.30. The molecular formula is C16H23BrN6O. The van der Waals surface area contributed by atoms with Crippen molar-refractivity contribution >= 4 is 21.8 Å². The maximum Gasteiger partial charge on any atom is 0.220 e. The fourth-order valence-corrected chi connectivity index (χ4v) is 3.47. The average Bonchev–Trinajstić information content (AvgIpc) is 3.18. The van der Waals surface area contributed by atoms with Crippen LogP contribution in [0.5, 0.6) is 0 Å². The van der Waals surface area contributed by atoms with Gasteiger partial charge in [0, 0.05) is 43.0 Å². The maximum absolute atomic E-state index is 11.9. The largest absolute Gasteiger partial charge is 0.348 e. The van der Waals surface area contributed by atoms with E-state index in [1.54, 1.807) is 6.20 Å². The van der Waals surface area contributed by atoms with Gasteiger partial charge in [0.15, 0.2) is 0 Å². The van der Waals surface area contributed by atoms with Gasteiger partial charge < -0.3 is 10.6 Å². The quantitative estimate of drug-likeness (QED) is 0.783. The maximum atomic E-state index is 11.9. The third-order valence-corrected chi connectivity index (χ3v) is 4.71. The molecule has 1 saturated heterocycles. The van der Waals surface area contributed by atoms with Crippen LogP contribution in [0.4, 0.5) is 0 Å². The van der Waals surface area contributed by atoms with Crippen LogP contribution in [0.1, 0.15) is 38.3 Å². The normalized spacial score (nSPS) is 22.4. The van der Waals surface area contributed by atoms with Crippen LogP contribution in [0.25, 0.3) is 0 Å². The molecule has 1 aliphatic rings. The minimum Gasteiger partial charge on any atom is -0.348 e. The van der Waals surface area contributed by atoms with Gasteiger partial charge in [-0.2, -0.15) is 10.2 Å². The Labute approximate surface area is 149 Å². The Hall–Kier alpha value is -1.67. The second-order valence-electron chi connectivity index (χ2n) is 6.27. The summed E-state index contributed by atoms with van der Waals surface area (Å²) in [6.07, 6.45) is 8.99. The van der Waals surface area contributed by atoms with E-state index in [1.165, 1.54) is 0 Å². The molecule has 1 amide bonds. The zero-order chi connectivity index (χ0) is 17.1. The van der Waals surface area contributed by atoms with Gasteiger partial charge in [0.25, 0.3) is 0 Å². The molecule has 3 atom stereocenters. The van der Waals surface area contributed by atoms with Crippen LogP contribution >= 0.6 is 15.9 Å². The predicted molar refractivity (Wildman–Crippen MR) is 94.3 cm³/mol. The number of piperidine rings is 1. The first-order chi connectivity index (χ1) is 11.5. The monoisotopic (exact) mass is 394 g/mol. The van der Waals surface area contributed by atoms with E-state index in [4.69, 9.17) is 0 Å². The van der Waals surface area contributed by atoms with Crippen LogP contribution < -0.4 is 10.6 Å². The molecule has 130 valence electrons. The van der Waals surface area contributed by atoms with E-state index < -0.39 is 0 Å². The van der Waals surface area contributed by atoms with Crippen molar-refractivity contribution in [1.82, 2.24) is 30.2 Å². The molecule has 0 aromatic carbocycles. The summed E-state index contributed by atoms with van der Waals surface area (Å²) in [4.78, 5) is 11.9. The Morgan fingerprint density at radius 1 is 1.38 bits per heavy atom. The van der Waals surface area contributed by atoms with Crippen molar-refractivity contribution in [2.75, 3.05) is 0 Å². The molecule has 3 rings (SSSR count). The highest BCUT2D eigenvalue weighted by molar-refractivity contribution is 9.10. The van der Waals surface area contributed by atoms with Crippen molar-refractivity contribution in [2.24, 2.45) is 0 Å². The van der Waals surface area contributed by atoms with Gasteiger partial charge in [0.1, 0.15) is 0 Å². The molecule has 1 aliphatic heterocycles. The SMILES string of the molecule is CCn1cc([C@@H]2NC(=O)CC[C@H]2NC(C)Cn2cc(Br)cn2)cn1. The molecule has 3 heterocycles. The van der Waals surface area contributed by atoms with Crippen LogP contribution in [-0.4, -0.2) is 37.6 Å². The summed E-state index contributed by atoms with van der Waals surface area (Å²) in [6.45, 7) is 5.79. The number of hydrogen-bond acceptors (Lipinski definition) is 4. The fraction of sp³-hybridized carbons (Fsp3) is 0.562. The molecule has 7 nitrogen and oxygen atoms in total.